The van der Waals surface area contributed by atoms with E-state index in [-0.39, 0.29) is 45.1 Å². The summed E-state index contributed by atoms with van der Waals surface area (Å²) in [6, 6.07) is 3.41. The van der Waals surface area contributed by atoms with Gasteiger partial charge >= 0.3 is 6.09 Å². The van der Waals surface area contributed by atoms with Crippen LogP contribution < -0.4 is 30.1 Å². The fourth-order valence-corrected chi connectivity index (χ4v) is 10.2. The number of fused-ring (bicyclic) bond motifs is 3. The highest BCUT2D eigenvalue weighted by atomic mass is 32.2. The zero-order chi connectivity index (χ0) is 42.1. The fraction of sp³-hybridized carbons (Fsp3) is 0.643. The first-order chi connectivity index (χ1) is 28.2. The lowest BCUT2D eigenvalue weighted by Crippen LogP contribution is -2.59. The van der Waals surface area contributed by atoms with E-state index in [0.29, 0.717) is 60.3 Å². The molecular weight excluding hydrogens is 781 g/mol. The van der Waals surface area contributed by atoms with Gasteiger partial charge in [0.25, 0.3) is 5.91 Å². The number of cyclic esters (lactones) is 1. The molecule has 59 heavy (non-hydrogen) atoms. The third kappa shape index (κ3) is 9.40. The van der Waals surface area contributed by atoms with Gasteiger partial charge in [-0.3, -0.25) is 19.1 Å². The molecule has 0 spiro atoms. The Labute approximate surface area is 345 Å². The lowest BCUT2D eigenvalue weighted by Gasteiger charge is -2.35. The summed E-state index contributed by atoms with van der Waals surface area (Å²) in [5.74, 6) is -1.17. The van der Waals surface area contributed by atoms with Crippen molar-refractivity contribution < 1.29 is 46.9 Å². The van der Waals surface area contributed by atoms with Gasteiger partial charge < -0.3 is 40.2 Å². The molecule has 3 heterocycles. The minimum atomic E-state index is -3.92. The molecule has 1 aromatic carbocycles. The Morgan fingerprint density at radius 2 is 1.88 bits per heavy atom. The van der Waals surface area contributed by atoms with Crippen molar-refractivity contribution in [1.29, 1.82) is 0 Å². The standard InChI is InChI=1S/C42H58N6O10S/c1-5-27-22-42(27,39(52)47-59(54,55)29-13-14-29)46-37(50)32-19-28-23-48(32)38(51)36(25-10-7-6-8-11-25)45-40(53)57-24-41(2,3)15-9-12-26-18-30-31(20-33(26)56-4)44-35(43-16-17-49)21-34(30)58-28/h5,18,20-21,25,27-29,32,36,49H,1,6-17,19,22-24H2,2-4H3,(H,43,44)(H,45,53)(H,46,50)(H,47,52)/t27-,28-,32+,36+,42?/m1/s1. The number of carbonyl (C=O) groups is 4. The van der Waals surface area contributed by atoms with Crippen molar-refractivity contribution in [2.24, 2.45) is 17.3 Å². The monoisotopic (exact) mass is 838 g/mol. The molecule has 5 N–H and O–H groups in total. The number of aliphatic hydroxyl groups is 1. The van der Waals surface area contributed by atoms with Gasteiger partial charge in [-0.2, -0.15) is 0 Å². The van der Waals surface area contributed by atoms with Crippen LogP contribution in [0.1, 0.15) is 90.0 Å². The number of pyridine rings is 1. The number of nitrogens with zero attached hydrogens (tertiary/aromatic N) is 2. The number of sulfonamides is 1. The maximum Gasteiger partial charge on any atom is 0.407 e. The molecule has 1 saturated heterocycles. The number of aromatic nitrogens is 1. The molecule has 16 nitrogen and oxygen atoms in total. The summed E-state index contributed by atoms with van der Waals surface area (Å²) in [7, 11) is -2.32. The molecule has 4 fully saturated rings. The summed E-state index contributed by atoms with van der Waals surface area (Å²) in [5, 5.41) is 18.5. The van der Waals surface area contributed by atoms with Gasteiger partial charge in [-0.1, -0.05) is 39.2 Å². The van der Waals surface area contributed by atoms with Gasteiger partial charge in [-0.05, 0) is 74.3 Å². The van der Waals surface area contributed by atoms with Crippen molar-refractivity contribution in [1.82, 2.24) is 25.2 Å². The van der Waals surface area contributed by atoms with Gasteiger partial charge in [0.2, 0.25) is 21.8 Å². The van der Waals surface area contributed by atoms with Crippen LogP contribution in [0.5, 0.6) is 11.5 Å². The first kappa shape index (κ1) is 42.5. The van der Waals surface area contributed by atoms with E-state index in [1.807, 2.05) is 26.0 Å². The van der Waals surface area contributed by atoms with Gasteiger partial charge in [0.15, 0.2) is 0 Å². The second kappa shape index (κ2) is 17.1. The normalized spacial score (nSPS) is 27.7. The van der Waals surface area contributed by atoms with E-state index in [9.17, 15) is 32.7 Å². The molecule has 1 unspecified atom stereocenters. The predicted molar refractivity (Wildman–Crippen MR) is 219 cm³/mol. The average molecular weight is 839 g/mol. The summed E-state index contributed by atoms with van der Waals surface area (Å²) >= 11 is 0. The molecule has 2 aromatic rings. The number of anilines is 1. The van der Waals surface area contributed by atoms with Crippen molar-refractivity contribution in [3.05, 3.63) is 36.4 Å². The minimum Gasteiger partial charge on any atom is -0.496 e. The highest BCUT2D eigenvalue weighted by molar-refractivity contribution is 7.91. The fourth-order valence-electron chi connectivity index (χ4n) is 8.89. The summed E-state index contributed by atoms with van der Waals surface area (Å²) in [6.45, 7) is 8.05. The van der Waals surface area contributed by atoms with Crippen LogP contribution in [0.15, 0.2) is 30.9 Å². The number of benzene rings is 1. The van der Waals surface area contributed by atoms with Crippen LogP contribution in [0.2, 0.25) is 0 Å². The Hall–Kier alpha value is -4.64. The molecule has 3 aliphatic carbocycles. The molecule has 3 saturated carbocycles. The summed E-state index contributed by atoms with van der Waals surface area (Å²) in [6.07, 6.45) is 7.45. The van der Waals surface area contributed by atoms with Gasteiger partial charge in [0.1, 0.15) is 41.0 Å². The molecule has 2 aliphatic heterocycles. The van der Waals surface area contributed by atoms with Gasteiger partial charge in [0, 0.05) is 36.4 Å². The van der Waals surface area contributed by atoms with Crippen LogP contribution in [-0.2, 0) is 35.6 Å². The number of nitrogens with one attached hydrogen (secondary N) is 4. The SMILES string of the molecule is C=C[C@@H]1CC1(NC(=O)[C@@H]1C[C@@H]2CN1C(=O)[C@H](C1CCCCC1)NC(=O)OCC(C)(C)CCCc1cc3c(cc(NCCO)nc3cc1OC)O2)C(=O)NS(=O)(=O)C1CC1. The van der Waals surface area contributed by atoms with E-state index in [2.05, 4.69) is 27.3 Å². The highest BCUT2D eigenvalue weighted by Crippen LogP contribution is 2.46. The van der Waals surface area contributed by atoms with E-state index in [4.69, 9.17) is 19.2 Å². The van der Waals surface area contributed by atoms with Crippen molar-refractivity contribution in [2.45, 2.75) is 120 Å². The maximum atomic E-state index is 15.0. The minimum absolute atomic E-state index is 0.0245. The first-order valence-corrected chi connectivity index (χ1v) is 22.5. The largest absolute Gasteiger partial charge is 0.496 e. The van der Waals surface area contributed by atoms with Crippen LogP contribution in [0.25, 0.3) is 10.9 Å². The lowest BCUT2D eigenvalue weighted by molar-refractivity contribution is -0.142. The number of methoxy groups -OCH3 is 1. The number of ether oxygens (including phenoxy) is 3. The zero-order valence-electron chi connectivity index (χ0n) is 34.2. The van der Waals surface area contributed by atoms with Crippen LogP contribution in [-0.4, -0.2) is 110 Å². The smallest absolute Gasteiger partial charge is 0.407 e. The molecule has 1 aromatic heterocycles. The number of aryl methyl sites for hydroxylation is 1. The number of rotatable bonds is 11. The van der Waals surface area contributed by atoms with Crippen LogP contribution >= 0.6 is 0 Å². The van der Waals surface area contributed by atoms with E-state index >= 15 is 0 Å². The van der Waals surface area contributed by atoms with Crippen molar-refractivity contribution in [3.8, 4) is 11.5 Å². The van der Waals surface area contributed by atoms with Crippen LogP contribution in [0.4, 0.5) is 10.6 Å². The van der Waals surface area contributed by atoms with Crippen molar-refractivity contribution in [2.75, 3.05) is 38.7 Å². The summed E-state index contributed by atoms with van der Waals surface area (Å²) in [4.78, 5) is 62.9. The van der Waals surface area contributed by atoms with Crippen LogP contribution in [0.3, 0.4) is 0 Å². The Morgan fingerprint density at radius 1 is 1.12 bits per heavy atom. The predicted octanol–water partition coefficient (Wildman–Crippen LogP) is 3.70. The molecule has 322 valence electrons. The van der Waals surface area contributed by atoms with Gasteiger partial charge in [-0.15, -0.1) is 6.58 Å². The number of hydrogen-bond acceptors (Lipinski definition) is 12. The third-order valence-electron chi connectivity index (χ3n) is 12.5. The van der Waals surface area contributed by atoms with Crippen molar-refractivity contribution >= 4 is 50.6 Å². The Balaban J connectivity index is 1.27. The zero-order valence-corrected chi connectivity index (χ0v) is 35.0. The molecule has 7 rings (SSSR count). The Morgan fingerprint density at radius 3 is 2.56 bits per heavy atom. The Kier molecular flexibility index (Phi) is 12.3. The van der Waals surface area contributed by atoms with E-state index in [0.717, 1.165) is 37.7 Å². The second-order valence-electron chi connectivity index (χ2n) is 17.6. The van der Waals surface area contributed by atoms with Gasteiger partial charge in [0.05, 0.1) is 37.6 Å². The maximum absolute atomic E-state index is 15.0. The lowest BCUT2D eigenvalue weighted by atomic mass is 9.83. The highest BCUT2D eigenvalue weighted by Gasteiger charge is 2.62. The van der Waals surface area contributed by atoms with Crippen LogP contribution in [0, 0.1) is 17.3 Å². The first-order valence-electron chi connectivity index (χ1n) is 20.9. The topological polar surface area (TPSA) is 215 Å². The quantitative estimate of drug-likeness (QED) is 0.205. The molecule has 5 aliphatic rings. The number of aliphatic hydroxyl groups excluding tert-OH is 1. The summed E-state index contributed by atoms with van der Waals surface area (Å²) < 4.78 is 46.2. The van der Waals surface area contributed by atoms with Gasteiger partial charge in [-0.25, -0.2) is 18.2 Å². The van der Waals surface area contributed by atoms with Crippen molar-refractivity contribution in [3.63, 3.8) is 0 Å². The van der Waals surface area contributed by atoms with E-state index in [1.165, 1.54) is 11.0 Å². The average Bonchev–Trinajstić information content (AvgIpc) is 4.14. The molecule has 4 bridgehead atoms. The molecule has 5 atom stereocenters. The molecule has 0 radical (unpaired) electrons. The Bertz CT molecular complexity index is 2070. The third-order valence-corrected chi connectivity index (χ3v) is 14.4. The number of amides is 4. The van der Waals surface area contributed by atoms with E-state index in [1.54, 1.807) is 13.2 Å². The number of alkyl carbamates (subject to hydrolysis) is 1. The number of hydrogen-bond donors (Lipinski definition) is 5. The summed E-state index contributed by atoms with van der Waals surface area (Å²) in [5.41, 5.74) is -0.465. The number of carbonyl (C=O) groups excluding carboxylic acids is 4. The van der Waals surface area contributed by atoms with E-state index < -0.39 is 74.1 Å². The molecule has 17 heteroatoms. The molecule has 4 amide bonds. The molecular formula is C42H58N6O10S. The second-order valence-corrected chi connectivity index (χ2v) is 19.6.